The lowest BCUT2D eigenvalue weighted by atomic mass is 9.77. The molecule has 226 valence electrons. The molecule has 0 fully saturated rings. The molecular formula is C48H28S. The molecule has 0 bridgehead atoms. The minimum absolute atomic E-state index is 1.25. The molecule has 0 atom stereocenters. The normalized spacial score (nSPS) is 12.1. The molecule has 49 heavy (non-hydrogen) atoms. The second-order valence-corrected chi connectivity index (χ2v) is 14.2. The fraction of sp³-hybridized carbons (Fsp3) is 0. The van der Waals surface area contributed by atoms with Crippen LogP contribution in [-0.4, -0.2) is 0 Å². The third kappa shape index (κ3) is 3.85. The van der Waals surface area contributed by atoms with Gasteiger partial charge in [-0.2, -0.15) is 0 Å². The van der Waals surface area contributed by atoms with E-state index in [0.29, 0.717) is 0 Å². The summed E-state index contributed by atoms with van der Waals surface area (Å²) < 4.78 is 2.66. The van der Waals surface area contributed by atoms with Gasteiger partial charge in [0.2, 0.25) is 0 Å². The van der Waals surface area contributed by atoms with Crippen LogP contribution in [0.3, 0.4) is 0 Å². The zero-order valence-corrected chi connectivity index (χ0v) is 27.4. The lowest BCUT2D eigenvalue weighted by Gasteiger charge is -2.26. The van der Waals surface area contributed by atoms with Crippen molar-refractivity contribution in [3.8, 4) is 55.6 Å². The van der Waals surface area contributed by atoms with E-state index in [1.54, 1.807) is 0 Å². The van der Waals surface area contributed by atoms with Gasteiger partial charge in [-0.15, -0.1) is 11.3 Å². The van der Waals surface area contributed by atoms with Crippen LogP contribution in [0.4, 0.5) is 0 Å². The van der Waals surface area contributed by atoms with Crippen LogP contribution >= 0.6 is 11.3 Å². The van der Waals surface area contributed by atoms with Gasteiger partial charge in [0.1, 0.15) is 0 Å². The predicted octanol–water partition coefficient (Wildman–Crippen LogP) is 14.2. The first-order valence-electron chi connectivity index (χ1n) is 16.9. The van der Waals surface area contributed by atoms with E-state index in [1.165, 1.54) is 108 Å². The highest BCUT2D eigenvalue weighted by Gasteiger charge is 2.25. The predicted molar refractivity (Wildman–Crippen MR) is 213 cm³/mol. The Balaban J connectivity index is 1.27. The summed E-state index contributed by atoms with van der Waals surface area (Å²) in [5.74, 6) is 0. The van der Waals surface area contributed by atoms with Crippen LogP contribution in [-0.2, 0) is 0 Å². The van der Waals surface area contributed by atoms with Gasteiger partial charge < -0.3 is 0 Å². The van der Waals surface area contributed by atoms with E-state index in [-0.39, 0.29) is 0 Å². The molecule has 1 aliphatic rings. The van der Waals surface area contributed by atoms with Gasteiger partial charge in [-0.1, -0.05) is 140 Å². The SMILES string of the molecule is c1ccc2c(c1)-c1cc3c4ccccc4c4ccccc4c3cc1-c1ccccc1-c1c(-c3ccc4sc5ccccc5c4c3)cccc1-2. The third-order valence-corrected chi connectivity index (χ3v) is 11.8. The van der Waals surface area contributed by atoms with Gasteiger partial charge in [0.15, 0.2) is 0 Å². The molecule has 0 saturated heterocycles. The summed E-state index contributed by atoms with van der Waals surface area (Å²) >= 11 is 1.87. The minimum Gasteiger partial charge on any atom is -0.135 e. The maximum Gasteiger partial charge on any atom is 0.0355 e. The molecule has 0 aliphatic heterocycles. The van der Waals surface area contributed by atoms with Crippen LogP contribution in [0.2, 0.25) is 0 Å². The summed E-state index contributed by atoms with van der Waals surface area (Å²) in [5, 5.41) is 10.4. The molecule has 11 rings (SSSR count). The summed E-state index contributed by atoms with van der Waals surface area (Å²) in [5.41, 5.74) is 12.7. The van der Waals surface area contributed by atoms with E-state index in [4.69, 9.17) is 0 Å². The summed E-state index contributed by atoms with van der Waals surface area (Å²) in [6.07, 6.45) is 0. The van der Waals surface area contributed by atoms with Gasteiger partial charge in [0.25, 0.3) is 0 Å². The van der Waals surface area contributed by atoms with Crippen molar-refractivity contribution in [2.75, 3.05) is 0 Å². The van der Waals surface area contributed by atoms with Gasteiger partial charge in [0, 0.05) is 20.2 Å². The standard InChI is InChI=1S/C48H28S/c1-4-15-34-31(12-1)32-13-2-5-16-35(32)42-28-44-37-18-7-8-20-39(37)48-30(29-24-25-47-45(26-29)38-19-9-10-23-46(38)49-47)21-11-22-40(48)33-14-3-6-17-36(33)43(44)27-41(34)42/h1-28H. The Morgan fingerprint density at radius 1 is 0.245 bits per heavy atom. The number of hydrogen-bond acceptors (Lipinski definition) is 1. The zero-order valence-electron chi connectivity index (χ0n) is 26.6. The Kier molecular flexibility index (Phi) is 5.64. The number of thiophene rings is 1. The number of rotatable bonds is 1. The molecule has 0 radical (unpaired) electrons. The summed E-state index contributed by atoms with van der Waals surface area (Å²) in [6.45, 7) is 0. The highest BCUT2D eigenvalue weighted by molar-refractivity contribution is 7.25. The molecule has 0 nitrogen and oxygen atoms in total. The Morgan fingerprint density at radius 3 is 1.35 bits per heavy atom. The van der Waals surface area contributed by atoms with Crippen molar-refractivity contribution in [3.63, 3.8) is 0 Å². The Bertz CT molecular complexity index is 2990. The molecule has 9 aromatic carbocycles. The van der Waals surface area contributed by atoms with Crippen LogP contribution in [0.5, 0.6) is 0 Å². The molecule has 1 heterocycles. The van der Waals surface area contributed by atoms with Crippen LogP contribution in [0.25, 0.3) is 108 Å². The Hall–Kier alpha value is -6.02. The molecule has 0 N–H and O–H groups in total. The third-order valence-electron chi connectivity index (χ3n) is 10.6. The number of benzene rings is 9. The molecule has 0 saturated carbocycles. The van der Waals surface area contributed by atoms with Gasteiger partial charge in [-0.3, -0.25) is 0 Å². The second-order valence-electron chi connectivity index (χ2n) is 13.2. The first-order chi connectivity index (χ1) is 24.3. The highest BCUT2D eigenvalue weighted by Crippen LogP contribution is 2.52. The largest absolute Gasteiger partial charge is 0.135 e. The van der Waals surface area contributed by atoms with Crippen molar-refractivity contribution in [3.05, 3.63) is 170 Å². The summed E-state index contributed by atoms with van der Waals surface area (Å²) in [6, 6.07) is 63.5. The topological polar surface area (TPSA) is 0 Å². The monoisotopic (exact) mass is 636 g/mol. The van der Waals surface area contributed by atoms with Gasteiger partial charge >= 0.3 is 0 Å². The fourth-order valence-corrected chi connectivity index (χ4v) is 9.57. The van der Waals surface area contributed by atoms with Crippen molar-refractivity contribution in [2.24, 2.45) is 0 Å². The fourth-order valence-electron chi connectivity index (χ4n) is 8.49. The maximum absolute atomic E-state index is 2.48. The average molecular weight is 637 g/mol. The smallest absolute Gasteiger partial charge is 0.0355 e. The molecule has 1 aromatic heterocycles. The molecule has 0 unspecified atom stereocenters. The van der Waals surface area contributed by atoms with Crippen molar-refractivity contribution in [1.82, 2.24) is 0 Å². The van der Waals surface area contributed by atoms with E-state index < -0.39 is 0 Å². The van der Waals surface area contributed by atoms with E-state index in [0.717, 1.165) is 0 Å². The van der Waals surface area contributed by atoms with Crippen molar-refractivity contribution >= 4 is 63.8 Å². The lowest BCUT2D eigenvalue weighted by molar-refractivity contribution is 1.53. The zero-order chi connectivity index (χ0) is 32.1. The first kappa shape index (κ1) is 27.0. The minimum atomic E-state index is 1.25. The van der Waals surface area contributed by atoms with E-state index in [2.05, 4.69) is 170 Å². The lowest BCUT2D eigenvalue weighted by Crippen LogP contribution is -1.99. The van der Waals surface area contributed by atoms with Crippen molar-refractivity contribution in [1.29, 1.82) is 0 Å². The van der Waals surface area contributed by atoms with Gasteiger partial charge in [-0.05, 0) is 118 Å². The highest BCUT2D eigenvalue weighted by atomic mass is 32.1. The second kappa shape index (κ2) is 10.2. The molecule has 1 heteroatoms. The van der Waals surface area contributed by atoms with Gasteiger partial charge in [0.05, 0.1) is 0 Å². The summed E-state index contributed by atoms with van der Waals surface area (Å²) in [4.78, 5) is 0. The van der Waals surface area contributed by atoms with E-state index in [9.17, 15) is 0 Å². The van der Waals surface area contributed by atoms with Crippen LogP contribution in [0.1, 0.15) is 0 Å². The van der Waals surface area contributed by atoms with E-state index >= 15 is 0 Å². The van der Waals surface area contributed by atoms with Crippen molar-refractivity contribution < 1.29 is 0 Å². The van der Waals surface area contributed by atoms with E-state index in [1.807, 2.05) is 11.3 Å². The van der Waals surface area contributed by atoms with Crippen molar-refractivity contribution in [2.45, 2.75) is 0 Å². The van der Waals surface area contributed by atoms with Crippen LogP contribution in [0, 0.1) is 0 Å². The summed E-state index contributed by atoms with van der Waals surface area (Å²) in [7, 11) is 0. The number of fused-ring (bicyclic) bond motifs is 17. The van der Waals surface area contributed by atoms with Gasteiger partial charge in [-0.25, -0.2) is 0 Å². The molecule has 0 spiro atoms. The average Bonchev–Trinajstić information content (AvgIpc) is 3.55. The maximum atomic E-state index is 2.48. The quantitative estimate of drug-likeness (QED) is 0.157. The first-order valence-corrected chi connectivity index (χ1v) is 17.7. The number of hydrogen-bond donors (Lipinski definition) is 0. The molecule has 10 aromatic rings. The Labute approximate surface area is 288 Å². The molecular weight excluding hydrogens is 609 g/mol. The van der Waals surface area contributed by atoms with Crippen LogP contribution in [0.15, 0.2) is 170 Å². The molecule has 1 aliphatic carbocycles. The van der Waals surface area contributed by atoms with Crippen LogP contribution < -0.4 is 0 Å². The molecule has 0 amide bonds. The Morgan fingerprint density at radius 2 is 0.694 bits per heavy atom.